The van der Waals surface area contributed by atoms with Crippen LogP contribution in [0.5, 0.6) is 0 Å². The van der Waals surface area contributed by atoms with Crippen LogP contribution in [0.2, 0.25) is 10.0 Å². The smallest absolute Gasteiger partial charge is 0.295 e. The number of anilines is 1. The Balaban J connectivity index is 1.62. The van der Waals surface area contributed by atoms with E-state index in [-0.39, 0.29) is 22.4 Å². The van der Waals surface area contributed by atoms with Gasteiger partial charge in [0.2, 0.25) is 5.09 Å². The Hall–Kier alpha value is -2.20. The minimum absolute atomic E-state index is 0.0316. The first kappa shape index (κ1) is 21.0. The lowest BCUT2D eigenvalue weighted by Gasteiger charge is -2.31. The zero-order valence-corrected chi connectivity index (χ0v) is 18.7. The van der Waals surface area contributed by atoms with E-state index in [1.165, 1.54) is 18.3 Å². The SMILES string of the molecule is Cc1cc(S(=O)(=O)Nc2ccc(Cl)c3c(Cl)c[nH]c23)oc1C(=O)N1CCN(C)CC1. The van der Waals surface area contributed by atoms with Crippen molar-refractivity contribution >= 4 is 55.7 Å². The number of H-pyrrole nitrogens is 1. The summed E-state index contributed by atoms with van der Waals surface area (Å²) in [6.45, 7) is 4.28. The van der Waals surface area contributed by atoms with E-state index in [9.17, 15) is 13.2 Å². The largest absolute Gasteiger partial charge is 0.437 e. The van der Waals surface area contributed by atoms with Crippen LogP contribution in [0, 0.1) is 6.92 Å². The Bertz CT molecular complexity index is 1230. The molecule has 0 spiro atoms. The van der Waals surface area contributed by atoms with Gasteiger partial charge < -0.3 is 19.2 Å². The summed E-state index contributed by atoms with van der Waals surface area (Å²) in [6, 6.07) is 4.43. The molecule has 0 bridgehead atoms. The number of aromatic amines is 1. The van der Waals surface area contributed by atoms with E-state index < -0.39 is 10.0 Å². The monoisotopic (exact) mass is 470 g/mol. The molecule has 0 atom stereocenters. The van der Waals surface area contributed by atoms with Gasteiger partial charge in [0.05, 0.1) is 21.2 Å². The first-order chi connectivity index (χ1) is 14.2. The molecule has 11 heteroatoms. The number of likely N-dealkylation sites (N-methyl/N-ethyl adjacent to an activating group) is 1. The molecule has 160 valence electrons. The quantitative estimate of drug-likeness (QED) is 0.607. The Labute approximate surface area is 183 Å². The summed E-state index contributed by atoms with van der Waals surface area (Å²) in [5.74, 6) is -0.281. The van der Waals surface area contributed by atoms with Crippen LogP contribution in [-0.2, 0) is 10.0 Å². The number of hydrogen-bond donors (Lipinski definition) is 2. The fourth-order valence-electron chi connectivity index (χ4n) is 3.40. The first-order valence-electron chi connectivity index (χ1n) is 9.23. The van der Waals surface area contributed by atoms with E-state index in [0.29, 0.717) is 39.6 Å². The molecule has 3 heterocycles. The summed E-state index contributed by atoms with van der Waals surface area (Å²) < 4.78 is 33.9. The molecule has 1 amide bonds. The molecule has 1 aromatic carbocycles. The average molecular weight is 471 g/mol. The standard InChI is InChI=1S/C19H20Cl2N4O4S/c1-11-9-15(29-18(11)19(26)25-7-5-24(2)6-8-25)30(27,28)23-14-4-3-12(20)16-13(21)10-22-17(14)16/h3-4,9-10,22-23H,5-8H2,1-2H3. The number of carbonyl (C=O) groups excluding carboxylic acids is 1. The van der Waals surface area contributed by atoms with Gasteiger partial charge >= 0.3 is 0 Å². The van der Waals surface area contributed by atoms with Crippen LogP contribution in [0.3, 0.4) is 0 Å². The highest BCUT2D eigenvalue weighted by atomic mass is 35.5. The maximum atomic E-state index is 12.9. The molecule has 1 aliphatic rings. The summed E-state index contributed by atoms with van der Waals surface area (Å²) in [7, 11) is -2.10. The van der Waals surface area contributed by atoms with Crippen LogP contribution in [0.25, 0.3) is 10.9 Å². The van der Waals surface area contributed by atoms with E-state index in [0.717, 1.165) is 13.1 Å². The normalized spacial score (nSPS) is 15.7. The number of halogens is 2. The molecular weight excluding hydrogens is 451 g/mol. The Kier molecular flexibility index (Phi) is 5.48. The fourth-order valence-corrected chi connectivity index (χ4v) is 5.04. The van der Waals surface area contributed by atoms with Gasteiger partial charge in [-0.2, -0.15) is 8.42 Å². The van der Waals surface area contributed by atoms with Crippen LogP contribution in [0.1, 0.15) is 16.1 Å². The minimum atomic E-state index is -4.08. The highest BCUT2D eigenvalue weighted by molar-refractivity contribution is 7.92. The van der Waals surface area contributed by atoms with Crippen molar-refractivity contribution in [1.29, 1.82) is 0 Å². The molecule has 3 aromatic rings. The number of nitrogens with one attached hydrogen (secondary N) is 2. The zero-order chi connectivity index (χ0) is 21.6. The number of carbonyl (C=O) groups is 1. The van der Waals surface area contributed by atoms with Crippen molar-refractivity contribution in [2.24, 2.45) is 0 Å². The third-order valence-electron chi connectivity index (χ3n) is 5.13. The number of nitrogens with zero attached hydrogens (tertiary/aromatic N) is 2. The second kappa shape index (κ2) is 7.81. The molecule has 0 aliphatic carbocycles. The molecule has 0 unspecified atom stereocenters. The van der Waals surface area contributed by atoms with Crippen LogP contribution >= 0.6 is 23.2 Å². The Morgan fingerprint density at radius 1 is 1.17 bits per heavy atom. The zero-order valence-electron chi connectivity index (χ0n) is 16.3. The van der Waals surface area contributed by atoms with Crippen molar-refractivity contribution < 1.29 is 17.6 Å². The fraction of sp³-hybridized carbons (Fsp3) is 0.316. The van der Waals surface area contributed by atoms with E-state index in [2.05, 4.69) is 14.6 Å². The lowest BCUT2D eigenvalue weighted by Crippen LogP contribution is -2.47. The number of rotatable bonds is 4. The van der Waals surface area contributed by atoms with Crippen molar-refractivity contribution in [3.8, 4) is 0 Å². The molecule has 8 nitrogen and oxygen atoms in total. The van der Waals surface area contributed by atoms with Gasteiger partial charge in [-0.05, 0) is 26.1 Å². The molecule has 0 saturated carbocycles. The van der Waals surface area contributed by atoms with Crippen molar-refractivity contribution in [2.75, 3.05) is 37.9 Å². The summed E-state index contributed by atoms with van der Waals surface area (Å²) >= 11 is 12.3. The van der Waals surface area contributed by atoms with E-state index in [1.54, 1.807) is 17.9 Å². The summed E-state index contributed by atoms with van der Waals surface area (Å²) in [6.07, 6.45) is 1.53. The number of piperazine rings is 1. The van der Waals surface area contributed by atoms with Gasteiger partial charge in [0.25, 0.3) is 15.9 Å². The number of aromatic nitrogens is 1. The molecule has 4 rings (SSSR count). The van der Waals surface area contributed by atoms with Gasteiger partial charge in [-0.3, -0.25) is 9.52 Å². The van der Waals surface area contributed by atoms with Crippen LogP contribution < -0.4 is 4.72 Å². The van der Waals surface area contributed by atoms with Crippen molar-refractivity contribution in [2.45, 2.75) is 12.0 Å². The molecule has 2 N–H and O–H groups in total. The summed E-state index contributed by atoms with van der Waals surface area (Å²) in [4.78, 5) is 19.5. The number of fused-ring (bicyclic) bond motifs is 1. The molecule has 1 fully saturated rings. The average Bonchev–Trinajstić information content (AvgIpc) is 3.28. The maximum absolute atomic E-state index is 12.9. The van der Waals surface area contributed by atoms with Gasteiger partial charge in [-0.25, -0.2) is 0 Å². The Morgan fingerprint density at radius 3 is 2.57 bits per heavy atom. The molecular formula is C19H20Cl2N4O4S. The number of aryl methyl sites for hydroxylation is 1. The van der Waals surface area contributed by atoms with Crippen LogP contribution in [-0.4, -0.2) is 62.3 Å². The summed E-state index contributed by atoms with van der Waals surface area (Å²) in [5, 5.41) is 0.955. The predicted molar refractivity (Wildman–Crippen MR) is 116 cm³/mol. The molecule has 1 saturated heterocycles. The second-order valence-corrected chi connectivity index (χ2v) is 9.69. The minimum Gasteiger partial charge on any atom is -0.437 e. The van der Waals surface area contributed by atoms with Crippen molar-refractivity contribution in [3.05, 3.63) is 45.8 Å². The number of hydrogen-bond acceptors (Lipinski definition) is 5. The number of amides is 1. The van der Waals surface area contributed by atoms with Crippen molar-refractivity contribution in [3.63, 3.8) is 0 Å². The highest BCUT2D eigenvalue weighted by Gasteiger charge is 2.29. The molecule has 2 aromatic heterocycles. The highest BCUT2D eigenvalue weighted by Crippen LogP contribution is 2.35. The lowest BCUT2D eigenvalue weighted by atomic mass is 10.2. The van der Waals surface area contributed by atoms with Gasteiger partial charge in [0.15, 0.2) is 5.76 Å². The predicted octanol–water partition coefficient (Wildman–Crippen LogP) is 3.56. The summed E-state index contributed by atoms with van der Waals surface area (Å²) in [5.41, 5.74) is 1.18. The maximum Gasteiger partial charge on any atom is 0.295 e. The van der Waals surface area contributed by atoms with Crippen LogP contribution in [0.15, 0.2) is 33.9 Å². The number of furan rings is 1. The third kappa shape index (κ3) is 3.78. The van der Waals surface area contributed by atoms with Gasteiger partial charge in [-0.1, -0.05) is 23.2 Å². The molecule has 30 heavy (non-hydrogen) atoms. The van der Waals surface area contributed by atoms with Gasteiger partial charge in [-0.15, -0.1) is 0 Å². The third-order valence-corrected chi connectivity index (χ3v) is 6.96. The lowest BCUT2D eigenvalue weighted by molar-refractivity contribution is 0.0626. The topological polar surface area (TPSA) is 98.6 Å². The number of sulfonamides is 1. The van der Waals surface area contributed by atoms with E-state index >= 15 is 0 Å². The molecule has 0 radical (unpaired) electrons. The Morgan fingerprint density at radius 2 is 1.87 bits per heavy atom. The van der Waals surface area contributed by atoms with Gasteiger partial charge in [0.1, 0.15) is 0 Å². The molecule has 1 aliphatic heterocycles. The van der Waals surface area contributed by atoms with E-state index in [1.807, 2.05) is 7.05 Å². The van der Waals surface area contributed by atoms with Crippen molar-refractivity contribution in [1.82, 2.24) is 14.8 Å². The second-order valence-electron chi connectivity index (χ2n) is 7.26. The first-order valence-corrected chi connectivity index (χ1v) is 11.5. The van der Waals surface area contributed by atoms with E-state index in [4.69, 9.17) is 27.6 Å². The number of benzene rings is 1. The van der Waals surface area contributed by atoms with Crippen LogP contribution in [0.4, 0.5) is 5.69 Å². The van der Waals surface area contributed by atoms with Gasteiger partial charge in [0, 0.05) is 49.4 Å².